The number of Topliss-reactive ketones (excluding diaryl/α,β-unsaturated/α-hetero) is 1. The first-order valence-electron chi connectivity index (χ1n) is 3.61. The van der Waals surface area contributed by atoms with Crippen LogP contribution in [0, 0.1) is 10.5 Å². The number of rotatable bonds is 2. The highest BCUT2D eigenvalue weighted by molar-refractivity contribution is 14.1. The highest BCUT2D eigenvalue weighted by Crippen LogP contribution is 2.24. The standard InChI is InChI=1S/C9H7BrClIO/c1-5-2-6(12)3-7(10)9(5)8(13)4-11/h2-3H,4H2,1H3. The van der Waals surface area contributed by atoms with Gasteiger partial charge in [0.25, 0.3) is 0 Å². The molecule has 0 bridgehead atoms. The Kier molecular flexibility index (Phi) is 4.19. The molecule has 0 unspecified atom stereocenters. The highest BCUT2D eigenvalue weighted by atomic mass is 127. The summed E-state index contributed by atoms with van der Waals surface area (Å²) < 4.78 is 1.93. The first-order valence-corrected chi connectivity index (χ1v) is 6.01. The highest BCUT2D eigenvalue weighted by Gasteiger charge is 2.12. The zero-order valence-electron chi connectivity index (χ0n) is 6.90. The predicted octanol–water partition coefficient (Wildman–Crippen LogP) is 3.78. The van der Waals surface area contributed by atoms with Gasteiger partial charge in [-0.3, -0.25) is 4.79 Å². The molecule has 1 aromatic carbocycles. The van der Waals surface area contributed by atoms with Crippen LogP contribution in [0.25, 0.3) is 0 Å². The van der Waals surface area contributed by atoms with E-state index >= 15 is 0 Å². The Labute approximate surface area is 104 Å². The average Bonchev–Trinajstić information content (AvgIpc) is 2.02. The van der Waals surface area contributed by atoms with E-state index in [1.54, 1.807) is 0 Å². The molecule has 70 valence electrons. The van der Waals surface area contributed by atoms with Gasteiger partial charge in [0.2, 0.25) is 0 Å². The molecular formula is C9H7BrClIO. The maximum absolute atomic E-state index is 11.4. The minimum absolute atomic E-state index is 0.0278. The van der Waals surface area contributed by atoms with Crippen molar-refractivity contribution in [3.63, 3.8) is 0 Å². The van der Waals surface area contributed by atoms with Crippen molar-refractivity contribution in [3.8, 4) is 0 Å². The normalized spacial score (nSPS) is 10.2. The second kappa shape index (κ2) is 4.75. The van der Waals surface area contributed by atoms with Gasteiger partial charge in [-0.25, -0.2) is 0 Å². The van der Waals surface area contributed by atoms with Gasteiger partial charge in [-0.1, -0.05) is 0 Å². The summed E-state index contributed by atoms with van der Waals surface area (Å²) in [7, 11) is 0. The second-order valence-electron chi connectivity index (χ2n) is 2.64. The molecule has 1 nitrogen and oxygen atoms in total. The van der Waals surface area contributed by atoms with Crippen LogP contribution in [0.2, 0.25) is 0 Å². The van der Waals surface area contributed by atoms with Crippen LogP contribution in [0.1, 0.15) is 15.9 Å². The van der Waals surface area contributed by atoms with E-state index < -0.39 is 0 Å². The fourth-order valence-electron chi connectivity index (χ4n) is 1.12. The minimum Gasteiger partial charge on any atom is -0.293 e. The molecule has 0 aromatic heterocycles. The van der Waals surface area contributed by atoms with Crippen molar-refractivity contribution in [2.75, 3.05) is 5.88 Å². The fraction of sp³-hybridized carbons (Fsp3) is 0.222. The molecule has 0 amide bonds. The van der Waals surface area contributed by atoms with Crippen LogP contribution in [0.15, 0.2) is 16.6 Å². The van der Waals surface area contributed by atoms with E-state index in [0.29, 0.717) is 5.56 Å². The number of alkyl halides is 1. The van der Waals surface area contributed by atoms with Crippen LogP contribution in [0.4, 0.5) is 0 Å². The Morgan fingerprint density at radius 2 is 2.23 bits per heavy atom. The summed E-state index contributed by atoms with van der Waals surface area (Å²) in [6.45, 7) is 1.91. The monoisotopic (exact) mass is 372 g/mol. The van der Waals surface area contributed by atoms with Crippen molar-refractivity contribution in [2.24, 2.45) is 0 Å². The van der Waals surface area contributed by atoms with Crippen LogP contribution in [0.3, 0.4) is 0 Å². The smallest absolute Gasteiger partial charge is 0.178 e. The number of halogens is 3. The van der Waals surface area contributed by atoms with Crippen molar-refractivity contribution in [1.82, 2.24) is 0 Å². The predicted molar refractivity (Wildman–Crippen MR) is 66.6 cm³/mol. The fourth-order valence-corrected chi connectivity index (χ4v) is 3.24. The van der Waals surface area contributed by atoms with E-state index in [0.717, 1.165) is 13.6 Å². The summed E-state index contributed by atoms with van der Waals surface area (Å²) >= 11 is 11.1. The Balaban J connectivity index is 3.28. The summed E-state index contributed by atoms with van der Waals surface area (Å²) in [6, 6.07) is 3.87. The molecule has 0 spiro atoms. The zero-order valence-corrected chi connectivity index (χ0v) is 11.4. The van der Waals surface area contributed by atoms with E-state index in [1.807, 2.05) is 19.1 Å². The van der Waals surface area contributed by atoms with Gasteiger partial charge in [0.15, 0.2) is 5.78 Å². The van der Waals surface area contributed by atoms with Crippen molar-refractivity contribution < 1.29 is 4.79 Å². The van der Waals surface area contributed by atoms with Crippen LogP contribution in [-0.4, -0.2) is 11.7 Å². The van der Waals surface area contributed by atoms with Crippen LogP contribution < -0.4 is 0 Å². The number of benzene rings is 1. The van der Waals surface area contributed by atoms with Gasteiger partial charge in [0.1, 0.15) is 0 Å². The summed E-state index contributed by atoms with van der Waals surface area (Å²) in [5, 5.41) is 0. The molecule has 0 N–H and O–H groups in total. The number of carbonyl (C=O) groups is 1. The van der Waals surface area contributed by atoms with Gasteiger partial charge in [-0.2, -0.15) is 0 Å². The molecule has 13 heavy (non-hydrogen) atoms. The van der Waals surface area contributed by atoms with Gasteiger partial charge in [-0.15, -0.1) is 11.6 Å². The maximum Gasteiger partial charge on any atom is 0.178 e. The molecule has 1 aromatic rings. The third-order valence-electron chi connectivity index (χ3n) is 1.65. The molecule has 4 heteroatoms. The largest absolute Gasteiger partial charge is 0.293 e. The van der Waals surface area contributed by atoms with Crippen molar-refractivity contribution >= 4 is 55.9 Å². The zero-order chi connectivity index (χ0) is 10.0. The van der Waals surface area contributed by atoms with E-state index in [1.165, 1.54) is 0 Å². The van der Waals surface area contributed by atoms with Crippen molar-refractivity contribution in [3.05, 3.63) is 31.3 Å². The molecule has 0 aliphatic carbocycles. The third-order valence-corrected chi connectivity index (χ3v) is 3.14. The number of ketones is 1. The summed E-state index contributed by atoms with van der Waals surface area (Å²) in [5.74, 6) is -0.0116. The molecular weight excluding hydrogens is 366 g/mol. The van der Waals surface area contributed by atoms with Crippen molar-refractivity contribution in [2.45, 2.75) is 6.92 Å². The van der Waals surface area contributed by atoms with Crippen LogP contribution in [-0.2, 0) is 0 Å². The molecule has 0 aliphatic heterocycles. The molecule has 0 heterocycles. The Bertz CT molecular complexity index is 328. The number of aryl methyl sites for hydroxylation is 1. The summed E-state index contributed by atoms with van der Waals surface area (Å²) in [5.41, 5.74) is 1.65. The van der Waals surface area contributed by atoms with E-state index in [-0.39, 0.29) is 11.7 Å². The lowest BCUT2D eigenvalue weighted by Gasteiger charge is -2.06. The molecule has 0 aliphatic rings. The topological polar surface area (TPSA) is 17.1 Å². The van der Waals surface area contributed by atoms with E-state index in [2.05, 4.69) is 38.5 Å². The van der Waals surface area contributed by atoms with Crippen LogP contribution >= 0.6 is 50.1 Å². The Morgan fingerprint density at radius 1 is 1.62 bits per heavy atom. The first kappa shape index (κ1) is 11.5. The quantitative estimate of drug-likeness (QED) is 0.438. The molecule has 0 atom stereocenters. The van der Waals surface area contributed by atoms with Gasteiger partial charge >= 0.3 is 0 Å². The van der Waals surface area contributed by atoms with E-state index in [4.69, 9.17) is 11.6 Å². The summed E-state index contributed by atoms with van der Waals surface area (Å²) in [6.07, 6.45) is 0. The van der Waals surface area contributed by atoms with Gasteiger partial charge in [0, 0.05) is 13.6 Å². The van der Waals surface area contributed by atoms with Gasteiger partial charge in [0.05, 0.1) is 5.88 Å². The lowest BCUT2D eigenvalue weighted by Crippen LogP contribution is -2.04. The van der Waals surface area contributed by atoms with E-state index in [9.17, 15) is 4.79 Å². The van der Waals surface area contributed by atoms with Gasteiger partial charge in [-0.05, 0) is 63.1 Å². The maximum atomic E-state index is 11.4. The van der Waals surface area contributed by atoms with Gasteiger partial charge < -0.3 is 0 Å². The van der Waals surface area contributed by atoms with Crippen LogP contribution in [0.5, 0.6) is 0 Å². The first-order chi connectivity index (χ1) is 6.06. The lowest BCUT2D eigenvalue weighted by atomic mass is 10.1. The molecule has 1 rings (SSSR count). The van der Waals surface area contributed by atoms with Crippen molar-refractivity contribution in [1.29, 1.82) is 0 Å². The SMILES string of the molecule is Cc1cc(I)cc(Br)c1C(=O)CCl. The lowest BCUT2D eigenvalue weighted by molar-refractivity contribution is 0.102. The Hall–Kier alpha value is 0.390. The third kappa shape index (κ3) is 2.67. The number of carbonyl (C=O) groups excluding carboxylic acids is 1. The molecule has 0 saturated heterocycles. The number of hydrogen-bond donors (Lipinski definition) is 0. The Morgan fingerprint density at radius 3 is 2.69 bits per heavy atom. The minimum atomic E-state index is -0.0394. The molecule has 0 fully saturated rings. The molecule has 0 radical (unpaired) electrons. The number of hydrogen-bond acceptors (Lipinski definition) is 1. The second-order valence-corrected chi connectivity index (χ2v) is 5.00. The summed E-state index contributed by atoms with van der Waals surface area (Å²) in [4.78, 5) is 11.4. The average molecular weight is 373 g/mol. The molecule has 0 saturated carbocycles.